The van der Waals surface area contributed by atoms with Crippen LogP contribution in [-0.2, 0) is 0 Å². The van der Waals surface area contributed by atoms with Gasteiger partial charge in [0.15, 0.2) is 5.65 Å². The van der Waals surface area contributed by atoms with Crippen molar-refractivity contribution in [2.75, 3.05) is 6.26 Å². The van der Waals surface area contributed by atoms with Crippen molar-refractivity contribution < 1.29 is 0 Å². The van der Waals surface area contributed by atoms with Crippen molar-refractivity contribution in [2.24, 2.45) is 0 Å². The van der Waals surface area contributed by atoms with Gasteiger partial charge in [0.05, 0.1) is 16.1 Å². The highest BCUT2D eigenvalue weighted by molar-refractivity contribution is 9.10. The third-order valence-electron chi connectivity index (χ3n) is 4.13. The zero-order chi connectivity index (χ0) is 19.1. The van der Waals surface area contributed by atoms with E-state index in [-0.39, 0.29) is 0 Å². The number of nitrogens with zero attached hydrogens (tertiary/aromatic N) is 3. The number of rotatable bonds is 3. The molecule has 4 rings (SSSR count). The summed E-state index contributed by atoms with van der Waals surface area (Å²) in [6, 6.07) is 13.3. The van der Waals surface area contributed by atoms with Crippen molar-refractivity contribution in [1.29, 1.82) is 0 Å². The van der Waals surface area contributed by atoms with E-state index < -0.39 is 0 Å². The maximum absolute atomic E-state index is 6.88. The molecule has 0 spiro atoms. The maximum Gasteiger partial charge on any atom is 0.150 e. The molecule has 2 heterocycles. The van der Waals surface area contributed by atoms with E-state index in [9.17, 15) is 0 Å². The summed E-state index contributed by atoms with van der Waals surface area (Å²) in [7, 11) is 0. The highest BCUT2D eigenvalue weighted by atomic mass is 79.9. The Morgan fingerprint density at radius 3 is 2.41 bits per heavy atom. The summed E-state index contributed by atoms with van der Waals surface area (Å²) >= 11 is 24.4. The number of benzene rings is 2. The molecule has 0 saturated heterocycles. The van der Waals surface area contributed by atoms with Gasteiger partial charge in [-0.2, -0.15) is 0 Å². The highest BCUT2D eigenvalue weighted by Crippen LogP contribution is 2.43. The molecule has 0 amide bonds. The second kappa shape index (κ2) is 7.64. The Kier molecular flexibility index (Phi) is 5.41. The fourth-order valence-electron chi connectivity index (χ4n) is 2.97. The molecular formula is C19H11BrCl3N3S. The van der Waals surface area contributed by atoms with E-state index in [1.807, 2.05) is 41.2 Å². The molecule has 0 unspecified atom stereocenters. The molecule has 4 aromatic rings. The molecule has 27 heavy (non-hydrogen) atoms. The second-order valence-electron chi connectivity index (χ2n) is 5.69. The standard InChI is InChI=1S/C19H11BrCl3N3S/c1-27-19-16-15(10-2-4-11(20)5-3-10)17(23)26(18(16)24-9-25-19)14-7-6-12(21)8-13(14)22/h2-9H,1H3. The Labute approximate surface area is 183 Å². The molecule has 2 aromatic carbocycles. The van der Waals surface area contributed by atoms with Crippen LogP contribution in [0.4, 0.5) is 0 Å². The maximum atomic E-state index is 6.88. The van der Waals surface area contributed by atoms with Crippen molar-refractivity contribution in [3.63, 3.8) is 0 Å². The summed E-state index contributed by atoms with van der Waals surface area (Å²) < 4.78 is 2.84. The molecule has 0 fully saturated rings. The van der Waals surface area contributed by atoms with Crippen LogP contribution in [0, 0.1) is 0 Å². The fraction of sp³-hybridized carbons (Fsp3) is 0.0526. The van der Waals surface area contributed by atoms with Gasteiger partial charge < -0.3 is 0 Å². The van der Waals surface area contributed by atoms with Crippen LogP contribution in [0.25, 0.3) is 27.8 Å². The van der Waals surface area contributed by atoms with E-state index in [1.165, 1.54) is 6.33 Å². The quantitative estimate of drug-likeness (QED) is 0.216. The average Bonchev–Trinajstić information content (AvgIpc) is 2.95. The monoisotopic (exact) mass is 497 g/mol. The Hall–Kier alpha value is -1.24. The van der Waals surface area contributed by atoms with Gasteiger partial charge in [0.25, 0.3) is 0 Å². The predicted octanol–water partition coefficient (Wildman–Crippen LogP) is 7.53. The smallest absolute Gasteiger partial charge is 0.150 e. The van der Waals surface area contributed by atoms with Crippen molar-refractivity contribution in [3.05, 3.63) is 68.5 Å². The van der Waals surface area contributed by atoms with Gasteiger partial charge in [-0.05, 0) is 42.2 Å². The molecule has 8 heteroatoms. The molecule has 0 aliphatic carbocycles. The first-order valence-corrected chi connectivity index (χ1v) is 11.0. The van der Waals surface area contributed by atoms with Crippen molar-refractivity contribution in [2.45, 2.75) is 5.03 Å². The molecule has 0 saturated carbocycles. The Morgan fingerprint density at radius 2 is 1.74 bits per heavy atom. The third-order valence-corrected chi connectivity index (χ3v) is 6.25. The van der Waals surface area contributed by atoms with Crippen LogP contribution in [0.5, 0.6) is 0 Å². The van der Waals surface area contributed by atoms with Gasteiger partial charge in [-0.15, -0.1) is 11.8 Å². The van der Waals surface area contributed by atoms with E-state index in [0.29, 0.717) is 26.5 Å². The van der Waals surface area contributed by atoms with Gasteiger partial charge in [0.1, 0.15) is 16.5 Å². The number of halogens is 4. The fourth-order valence-corrected chi connectivity index (χ4v) is 4.66. The van der Waals surface area contributed by atoms with Crippen LogP contribution < -0.4 is 0 Å². The molecule has 2 aromatic heterocycles. The minimum Gasteiger partial charge on any atom is -0.282 e. The number of thioether (sulfide) groups is 1. The number of hydrogen-bond donors (Lipinski definition) is 0. The minimum atomic E-state index is 0.493. The Morgan fingerprint density at radius 1 is 1.00 bits per heavy atom. The van der Waals surface area contributed by atoms with Gasteiger partial charge in [0.2, 0.25) is 0 Å². The second-order valence-corrected chi connectivity index (χ2v) is 8.60. The summed E-state index contributed by atoms with van der Waals surface area (Å²) in [6.45, 7) is 0. The first-order valence-electron chi connectivity index (χ1n) is 7.81. The SMILES string of the molecule is CSc1ncnc2c1c(-c1ccc(Br)cc1)c(Cl)n2-c1ccc(Cl)cc1Cl. The first kappa shape index (κ1) is 19.1. The van der Waals surface area contributed by atoms with Crippen LogP contribution in [0.15, 0.2) is 58.3 Å². The molecule has 0 aliphatic heterocycles. The number of aromatic nitrogens is 3. The topological polar surface area (TPSA) is 30.7 Å². The van der Waals surface area contributed by atoms with Crippen LogP contribution >= 0.6 is 62.5 Å². The normalized spacial score (nSPS) is 11.3. The summed E-state index contributed by atoms with van der Waals surface area (Å²) in [5.74, 6) is 0. The zero-order valence-corrected chi connectivity index (χ0v) is 18.6. The third kappa shape index (κ3) is 3.36. The van der Waals surface area contributed by atoms with Crippen molar-refractivity contribution in [3.8, 4) is 16.8 Å². The van der Waals surface area contributed by atoms with E-state index in [1.54, 1.807) is 23.9 Å². The van der Waals surface area contributed by atoms with Gasteiger partial charge in [0, 0.05) is 15.1 Å². The van der Waals surface area contributed by atoms with Gasteiger partial charge in [-0.1, -0.05) is 62.9 Å². The number of fused-ring (bicyclic) bond motifs is 1. The lowest BCUT2D eigenvalue weighted by Crippen LogP contribution is -1.97. The molecule has 0 N–H and O–H groups in total. The lowest BCUT2D eigenvalue weighted by Gasteiger charge is -2.09. The van der Waals surface area contributed by atoms with E-state index >= 15 is 0 Å². The lowest BCUT2D eigenvalue weighted by molar-refractivity contribution is 1.04. The Bertz CT molecular complexity index is 1160. The van der Waals surface area contributed by atoms with Gasteiger partial charge >= 0.3 is 0 Å². The summed E-state index contributed by atoms with van der Waals surface area (Å²) in [6.07, 6.45) is 3.52. The van der Waals surface area contributed by atoms with Crippen LogP contribution in [0.1, 0.15) is 0 Å². The molecule has 0 aliphatic rings. The number of hydrogen-bond acceptors (Lipinski definition) is 3. The highest BCUT2D eigenvalue weighted by Gasteiger charge is 2.23. The van der Waals surface area contributed by atoms with Gasteiger partial charge in [-0.25, -0.2) is 9.97 Å². The molecule has 3 nitrogen and oxygen atoms in total. The first-order chi connectivity index (χ1) is 13.0. The van der Waals surface area contributed by atoms with Gasteiger partial charge in [-0.3, -0.25) is 4.57 Å². The van der Waals surface area contributed by atoms with Crippen molar-refractivity contribution >= 4 is 73.5 Å². The van der Waals surface area contributed by atoms with Crippen LogP contribution in [-0.4, -0.2) is 20.8 Å². The lowest BCUT2D eigenvalue weighted by atomic mass is 10.1. The molecule has 0 atom stereocenters. The Balaban J connectivity index is 2.12. The molecule has 0 radical (unpaired) electrons. The zero-order valence-electron chi connectivity index (χ0n) is 13.9. The van der Waals surface area contributed by atoms with E-state index in [2.05, 4.69) is 25.9 Å². The van der Waals surface area contributed by atoms with Crippen LogP contribution in [0.2, 0.25) is 15.2 Å². The van der Waals surface area contributed by atoms with Crippen LogP contribution in [0.3, 0.4) is 0 Å². The minimum absolute atomic E-state index is 0.493. The summed E-state index contributed by atoms with van der Waals surface area (Å²) in [5, 5.41) is 3.32. The van der Waals surface area contributed by atoms with Crippen molar-refractivity contribution in [1.82, 2.24) is 14.5 Å². The average molecular weight is 500 g/mol. The molecular weight excluding hydrogens is 489 g/mol. The van der Waals surface area contributed by atoms with E-state index in [0.717, 1.165) is 26.0 Å². The summed E-state index contributed by atoms with van der Waals surface area (Å²) in [4.78, 5) is 8.94. The molecule has 136 valence electrons. The van der Waals surface area contributed by atoms with E-state index in [4.69, 9.17) is 34.8 Å². The summed E-state index contributed by atoms with van der Waals surface area (Å²) in [5.41, 5.74) is 3.25. The predicted molar refractivity (Wildman–Crippen MR) is 119 cm³/mol. The largest absolute Gasteiger partial charge is 0.282 e. The molecule has 0 bridgehead atoms.